The molecular formula is C9H17ClO6Si. The zero-order chi connectivity index (χ0) is 13.8. The van der Waals surface area contributed by atoms with Crippen LogP contribution in [0.3, 0.4) is 0 Å². The molecule has 0 aromatic rings. The molecule has 0 spiro atoms. The van der Waals surface area contributed by atoms with E-state index in [0.717, 1.165) is 0 Å². The van der Waals surface area contributed by atoms with Crippen LogP contribution in [0.1, 0.15) is 27.2 Å². The first-order valence-corrected chi connectivity index (χ1v) is 6.13. The van der Waals surface area contributed by atoms with Gasteiger partial charge in [0.1, 0.15) is 0 Å². The molecule has 0 aromatic carbocycles. The largest absolute Gasteiger partial charge is 0.529 e. The third-order valence-corrected chi connectivity index (χ3v) is 2.02. The van der Waals surface area contributed by atoms with Crippen LogP contribution in [0.25, 0.3) is 0 Å². The van der Waals surface area contributed by atoms with Crippen molar-refractivity contribution in [3.63, 3.8) is 0 Å². The molecule has 0 fully saturated rings. The zero-order valence-electron chi connectivity index (χ0n) is 10.3. The van der Waals surface area contributed by atoms with Crippen molar-refractivity contribution in [3.05, 3.63) is 0 Å². The first-order chi connectivity index (χ1) is 7.83. The van der Waals surface area contributed by atoms with E-state index in [1.165, 1.54) is 20.8 Å². The standard InChI is InChI=1S/C7H11ClO4.C2H6O2Si/c1-5(9)11-7(3-4-8)12-6(2)10;1-2(3)4-5/h7H,3-4H2,1-2H3;1,5H3. The number of hydrogen-bond donors (Lipinski definition) is 0. The number of esters is 2. The van der Waals surface area contributed by atoms with Gasteiger partial charge in [-0.2, -0.15) is 0 Å². The third-order valence-electron chi connectivity index (χ3n) is 1.23. The van der Waals surface area contributed by atoms with Crippen molar-refractivity contribution < 1.29 is 28.3 Å². The van der Waals surface area contributed by atoms with Crippen molar-refractivity contribution in [2.45, 2.75) is 33.5 Å². The van der Waals surface area contributed by atoms with Crippen molar-refractivity contribution >= 4 is 40.0 Å². The van der Waals surface area contributed by atoms with Crippen LogP contribution < -0.4 is 0 Å². The van der Waals surface area contributed by atoms with Crippen LogP contribution >= 0.6 is 11.6 Å². The predicted octanol–water partition coefficient (Wildman–Crippen LogP) is -0.103. The SMILES string of the molecule is CC(=O)OC(CCCl)OC(C)=O.CC(=O)O[SiH3]. The van der Waals surface area contributed by atoms with Gasteiger partial charge >= 0.3 is 11.9 Å². The molecule has 0 saturated heterocycles. The number of ether oxygens (including phenoxy) is 2. The average Bonchev–Trinajstić information content (AvgIpc) is 2.16. The molecule has 0 aromatic heterocycles. The third kappa shape index (κ3) is 17.5. The summed E-state index contributed by atoms with van der Waals surface area (Å²) >= 11 is 5.38. The number of halogens is 1. The minimum atomic E-state index is -0.850. The summed E-state index contributed by atoms with van der Waals surface area (Å²) in [5.74, 6) is -0.903. The Bertz CT molecular complexity index is 242. The lowest BCUT2D eigenvalue weighted by atomic mass is 10.4. The average molecular weight is 285 g/mol. The van der Waals surface area contributed by atoms with E-state index in [1.807, 2.05) is 0 Å². The molecule has 17 heavy (non-hydrogen) atoms. The highest BCUT2D eigenvalue weighted by atomic mass is 35.5. The summed E-state index contributed by atoms with van der Waals surface area (Å²) < 4.78 is 13.5. The molecule has 0 N–H and O–H groups in total. The van der Waals surface area contributed by atoms with E-state index >= 15 is 0 Å². The fourth-order valence-electron chi connectivity index (χ4n) is 0.601. The van der Waals surface area contributed by atoms with E-state index in [4.69, 9.17) is 11.6 Å². The second-order valence-corrected chi connectivity index (χ2v) is 3.61. The van der Waals surface area contributed by atoms with Crippen LogP contribution in [0, 0.1) is 0 Å². The Kier molecular flexibility index (Phi) is 12.3. The Labute approximate surface area is 108 Å². The first-order valence-electron chi connectivity index (χ1n) is 4.78. The van der Waals surface area contributed by atoms with Gasteiger partial charge in [-0.05, 0) is 0 Å². The zero-order valence-corrected chi connectivity index (χ0v) is 13.1. The van der Waals surface area contributed by atoms with Gasteiger partial charge in [0.25, 0.3) is 5.97 Å². The maximum absolute atomic E-state index is 10.5. The molecule has 0 aliphatic heterocycles. The van der Waals surface area contributed by atoms with E-state index in [-0.39, 0.29) is 11.8 Å². The maximum atomic E-state index is 10.5. The molecule has 0 rings (SSSR count). The van der Waals surface area contributed by atoms with Crippen molar-refractivity contribution in [3.8, 4) is 0 Å². The highest BCUT2D eigenvalue weighted by Crippen LogP contribution is 2.03. The van der Waals surface area contributed by atoms with Crippen molar-refractivity contribution in [1.29, 1.82) is 0 Å². The number of carbonyl (C=O) groups is 3. The van der Waals surface area contributed by atoms with Gasteiger partial charge in [-0.15, -0.1) is 11.6 Å². The second-order valence-electron chi connectivity index (χ2n) is 2.82. The van der Waals surface area contributed by atoms with E-state index in [2.05, 4.69) is 13.9 Å². The van der Waals surface area contributed by atoms with E-state index in [9.17, 15) is 14.4 Å². The lowest BCUT2D eigenvalue weighted by molar-refractivity contribution is -0.184. The molecule has 0 heterocycles. The minimum Gasteiger partial charge on any atom is -0.529 e. The van der Waals surface area contributed by atoms with E-state index < -0.39 is 18.2 Å². The molecule has 0 aliphatic carbocycles. The van der Waals surface area contributed by atoms with Crippen molar-refractivity contribution in [1.82, 2.24) is 0 Å². The Balaban J connectivity index is 0. The molecule has 6 nitrogen and oxygen atoms in total. The molecule has 0 aliphatic rings. The number of rotatable bonds is 4. The Hall–Kier alpha value is -1.08. The molecule has 0 amide bonds. The van der Waals surface area contributed by atoms with Crippen molar-refractivity contribution in [2.24, 2.45) is 0 Å². The number of hydrogen-bond acceptors (Lipinski definition) is 6. The summed E-state index contributed by atoms with van der Waals surface area (Å²) in [6.07, 6.45) is -0.543. The van der Waals surface area contributed by atoms with Crippen LogP contribution in [0.15, 0.2) is 0 Å². The van der Waals surface area contributed by atoms with E-state index in [0.29, 0.717) is 16.9 Å². The summed E-state index contributed by atoms with van der Waals surface area (Å²) in [5.41, 5.74) is 0. The molecule has 0 unspecified atom stereocenters. The highest BCUT2D eigenvalue weighted by molar-refractivity contribution is 6.17. The maximum Gasteiger partial charge on any atom is 0.305 e. The quantitative estimate of drug-likeness (QED) is 0.310. The minimum absolute atomic E-state index is 0.184. The highest BCUT2D eigenvalue weighted by Gasteiger charge is 2.13. The lowest BCUT2D eigenvalue weighted by Gasteiger charge is -2.14. The second kappa shape index (κ2) is 11.4. The molecule has 0 saturated carbocycles. The summed E-state index contributed by atoms with van der Waals surface area (Å²) in [7, 11) is 0.524. The van der Waals surface area contributed by atoms with Gasteiger partial charge in [-0.25, -0.2) is 0 Å². The monoisotopic (exact) mass is 284 g/mol. The molecule has 8 heteroatoms. The van der Waals surface area contributed by atoms with Gasteiger partial charge in [0.2, 0.25) is 16.8 Å². The summed E-state index contributed by atoms with van der Waals surface area (Å²) in [6.45, 7) is 3.88. The Morgan fingerprint density at radius 2 is 1.41 bits per heavy atom. The van der Waals surface area contributed by atoms with Crippen LogP contribution in [0.4, 0.5) is 0 Å². The van der Waals surface area contributed by atoms with Gasteiger partial charge in [-0.1, -0.05) is 0 Å². The fourth-order valence-corrected chi connectivity index (χ4v) is 0.779. The van der Waals surface area contributed by atoms with Crippen LogP contribution in [-0.2, 0) is 28.3 Å². The van der Waals surface area contributed by atoms with Gasteiger partial charge in [0.15, 0.2) is 0 Å². The Morgan fingerprint density at radius 1 is 1.06 bits per heavy atom. The molecular weight excluding hydrogens is 268 g/mol. The first kappa shape index (κ1) is 18.3. The van der Waals surface area contributed by atoms with Gasteiger partial charge in [0, 0.05) is 33.1 Å². The lowest BCUT2D eigenvalue weighted by Crippen LogP contribution is -2.22. The fraction of sp³-hybridized carbons (Fsp3) is 0.667. The summed E-state index contributed by atoms with van der Waals surface area (Å²) in [5, 5.41) is 0. The molecule has 0 atom stereocenters. The smallest absolute Gasteiger partial charge is 0.305 e. The van der Waals surface area contributed by atoms with Crippen LogP contribution in [-0.4, -0.2) is 40.6 Å². The van der Waals surface area contributed by atoms with Crippen LogP contribution in [0.5, 0.6) is 0 Å². The summed E-state index contributed by atoms with van der Waals surface area (Å²) in [4.78, 5) is 30.5. The predicted molar refractivity (Wildman–Crippen MR) is 64.4 cm³/mol. The summed E-state index contributed by atoms with van der Waals surface area (Å²) in [6, 6.07) is 0. The van der Waals surface area contributed by atoms with Gasteiger partial charge in [0.05, 0.1) is 0 Å². The number of alkyl halides is 1. The molecule has 100 valence electrons. The van der Waals surface area contributed by atoms with E-state index in [1.54, 1.807) is 0 Å². The normalized spacial score (nSPS) is 9.00. The number of carbonyl (C=O) groups excluding carboxylic acids is 3. The van der Waals surface area contributed by atoms with Crippen molar-refractivity contribution in [2.75, 3.05) is 5.88 Å². The van der Waals surface area contributed by atoms with Crippen LogP contribution in [0.2, 0.25) is 0 Å². The topological polar surface area (TPSA) is 78.9 Å². The Morgan fingerprint density at radius 3 is 1.59 bits per heavy atom. The molecule has 0 bridgehead atoms. The van der Waals surface area contributed by atoms with Gasteiger partial charge < -0.3 is 13.9 Å². The molecule has 0 radical (unpaired) electrons. The van der Waals surface area contributed by atoms with Gasteiger partial charge in [-0.3, -0.25) is 14.4 Å².